The smallest absolute Gasteiger partial charge is 0.266 e. The second-order valence-corrected chi connectivity index (χ2v) is 28.4. The lowest BCUT2D eigenvalue weighted by Crippen LogP contribution is -2.42. The van der Waals surface area contributed by atoms with Gasteiger partial charge in [0.2, 0.25) is 0 Å². The van der Waals surface area contributed by atoms with Gasteiger partial charge in [-0.2, -0.15) is 0 Å². The van der Waals surface area contributed by atoms with Gasteiger partial charge in [-0.15, -0.1) is 11.3 Å². The van der Waals surface area contributed by atoms with E-state index in [0.717, 1.165) is 60.7 Å². The van der Waals surface area contributed by atoms with Crippen molar-refractivity contribution in [2.45, 2.75) is 59.8 Å². The van der Waals surface area contributed by atoms with Crippen molar-refractivity contribution in [3.05, 3.63) is 317 Å². The maximum absolute atomic E-state index is 16.4. The zero-order valence-corrected chi connectivity index (χ0v) is 60.4. The number of rotatable bonds is 19. The van der Waals surface area contributed by atoms with Crippen molar-refractivity contribution in [3.8, 4) is 73.4 Å². The average Bonchev–Trinajstić information content (AvgIpc) is 1.18. The van der Waals surface area contributed by atoms with Gasteiger partial charge in [0.25, 0.3) is 23.6 Å². The third-order valence-corrected chi connectivity index (χ3v) is 21.7. The number of hydrogen-bond acceptors (Lipinski definition) is 12. The largest absolute Gasteiger partial charge is 0.507 e. The topological polar surface area (TPSA) is 148 Å². The van der Waals surface area contributed by atoms with Gasteiger partial charge in [0.05, 0.1) is 49.4 Å². The number of fused-ring (bicyclic) bond motifs is 3. The van der Waals surface area contributed by atoms with E-state index in [-0.39, 0.29) is 56.9 Å². The molecule has 18 rings (SSSR count). The van der Waals surface area contributed by atoms with Crippen LogP contribution in [-0.4, -0.2) is 33.7 Å². The molecule has 0 bridgehead atoms. The van der Waals surface area contributed by atoms with Crippen molar-refractivity contribution >= 4 is 117 Å². The number of aryl methyl sites for hydroxylation is 3. The Morgan fingerprint density at radius 3 is 1.19 bits per heavy atom. The molecule has 13 nitrogen and oxygen atoms in total. The van der Waals surface area contributed by atoms with Gasteiger partial charge in [0.15, 0.2) is 0 Å². The summed E-state index contributed by atoms with van der Waals surface area (Å²) in [7, 11) is 0. The van der Waals surface area contributed by atoms with Gasteiger partial charge in [-0.1, -0.05) is 180 Å². The molecule has 14 heteroatoms. The molecular weight excluding hydrogens is 1360 g/mol. The fourth-order valence-electron chi connectivity index (χ4n) is 15.7. The fourth-order valence-corrected chi connectivity index (χ4v) is 16.7. The molecule has 4 amide bonds. The first-order chi connectivity index (χ1) is 52.8. The number of para-hydroxylation sites is 7. The Morgan fingerprint density at radius 2 is 0.759 bits per heavy atom. The Bertz CT molecular complexity index is 6240. The minimum absolute atomic E-state index is 0.0809. The number of ether oxygens (including phenoxy) is 4. The van der Waals surface area contributed by atoms with Gasteiger partial charge in [0, 0.05) is 60.2 Å². The molecule has 3 heterocycles. The number of phenols is 1. The van der Waals surface area contributed by atoms with Crippen LogP contribution in [-0.2, 0) is 19.3 Å². The summed E-state index contributed by atoms with van der Waals surface area (Å²) in [6, 6.07) is 86.1. The molecule has 524 valence electrons. The fraction of sp³-hybridized carbons (Fsp3) is 0.0957. The van der Waals surface area contributed by atoms with Crippen molar-refractivity contribution in [1.29, 1.82) is 0 Å². The number of nitrogens with zero attached hydrogens (tertiary/aromatic N) is 4. The molecule has 0 saturated heterocycles. The van der Waals surface area contributed by atoms with E-state index in [1.54, 1.807) is 30.3 Å². The molecule has 0 fully saturated rings. The van der Waals surface area contributed by atoms with E-state index < -0.39 is 23.6 Å². The Balaban J connectivity index is 0.879. The van der Waals surface area contributed by atoms with Crippen molar-refractivity contribution in [1.82, 2.24) is 4.98 Å². The molecular formula is C94H68N4O9S. The van der Waals surface area contributed by atoms with Gasteiger partial charge in [0.1, 0.15) is 56.8 Å². The van der Waals surface area contributed by atoms with E-state index in [2.05, 4.69) is 49.1 Å². The second-order valence-electron chi connectivity index (χ2n) is 27.4. The Kier molecular flexibility index (Phi) is 16.6. The van der Waals surface area contributed by atoms with Gasteiger partial charge in [-0.25, -0.2) is 14.8 Å². The number of phenolic OH excluding ortho intramolecular Hbond substituents is 1. The molecule has 0 saturated carbocycles. The Hall–Kier alpha value is -13.4. The van der Waals surface area contributed by atoms with E-state index in [4.69, 9.17) is 23.9 Å². The summed E-state index contributed by atoms with van der Waals surface area (Å²) >= 11 is 1.50. The summed E-state index contributed by atoms with van der Waals surface area (Å²) in [6.07, 6.45) is 1.59. The van der Waals surface area contributed by atoms with Crippen molar-refractivity contribution in [2.75, 3.05) is 14.7 Å². The minimum atomic E-state index is -0.565. The van der Waals surface area contributed by atoms with Crippen molar-refractivity contribution in [3.63, 3.8) is 0 Å². The lowest BCUT2D eigenvalue weighted by atomic mass is 9.80. The molecule has 16 aromatic rings. The number of benzene rings is 15. The Morgan fingerprint density at radius 1 is 0.370 bits per heavy atom. The third-order valence-electron chi connectivity index (χ3n) is 20.7. The average molecular weight is 1430 g/mol. The van der Waals surface area contributed by atoms with Crippen LogP contribution in [0.3, 0.4) is 0 Å². The van der Waals surface area contributed by atoms with Crippen LogP contribution in [0.2, 0.25) is 0 Å². The van der Waals surface area contributed by atoms with Crippen molar-refractivity contribution < 1.29 is 43.2 Å². The normalized spacial score (nSPS) is 12.8. The van der Waals surface area contributed by atoms with Gasteiger partial charge in [-0.05, 0) is 186 Å². The molecule has 1 aromatic heterocycles. The Labute approximate surface area is 626 Å². The highest BCUT2D eigenvalue weighted by Gasteiger charge is 2.44. The van der Waals surface area contributed by atoms with Crippen LogP contribution in [0.5, 0.6) is 51.7 Å². The number of imide groups is 2. The van der Waals surface area contributed by atoms with E-state index in [1.807, 2.05) is 233 Å². The van der Waals surface area contributed by atoms with Crippen LogP contribution >= 0.6 is 11.3 Å². The first kappa shape index (κ1) is 66.5. The molecule has 15 aromatic carbocycles. The first-order valence-corrected chi connectivity index (χ1v) is 37.1. The third kappa shape index (κ3) is 11.1. The highest BCUT2D eigenvalue weighted by atomic mass is 32.1. The SMILES string of the molecule is CCc1cccc(CC)c1N1C(=O)c2cc(Oc3ccccc3)c3c4c(Oc5ccccc5)cc5c6c(cc(Oc7ccccc7)c(c7c(Oc8ccc(-c9ccc%10sc(-c%11cc(N(c%12ccccc%12)c%12ccccc%12)ccc%11O)nc%10c9)cc8)cc(c2c37)C1=O)c64)C(=O)N(c1c(CC)cccc1C(C)C)C5=O. The van der Waals surface area contributed by atoms with Gasteiger partial charge >= 0.3 is 0 Å². The maximum Gasteiger partial charge on any atom is 0.266 e. The van der Waals surface area contributed by atoms with Crippen LogP contribution in [0.1, 0.15) is 104 Å². The van der Waals surface area contributed by atoms with Crippen LogP contribution < -0.4 is 33.6 Å². The van der Waals surface area contributed by atoms with E-state index >= 15 is 19.2 Å². The summed E-state index contributed by atoms with van der Waals surface area (Å²) in [5.74, 6) is 0.336. The molecule has 2 aliphatic heterocycles. The number of thiazole rings is 1. The number of aromatic hydroxyl groups is 1. The summed E-state index contributed by atoms with van der Waals surface area (Å²) in [4.78, 5) is 75.3. The maximum atomic E-state index is 16.4. The molecule has 1 N–H and O–H groups in total. The first-order valence-electron chi connectivity index (χ1n) is 36.3. The number of amides is 4. The van der Waals surface area contributed by atoms with E-state index in [0.29, 0.717) is 107 Å². The molecule has 0 spiro atoms. The summed E-state index contributed by atoms with van der Waals surface area (Å²) in [5.41, 5.74) is 10.9. The van der Waals surface area contributed by atoms with Crippen LogP contribution in [0.4, 0.5) is 28.4 Å². The number of hydrogen-bond donors (Lipinski definition) is 1. The number of anilines is 5. The zero-order valence-electron chi connectivity index (χ0n) is 59.6. The summed E-state index contributed by atoms with van der Waals surface area (Å²) in [6.45, 7) is 10.1. The predicted octanol–water partition coefficient (Wildman–Crippen LogP) is 24.4. The monoisotopic (exact) mass is 1430 g/mol. The lowest BCUT2D eigenvalue weighted by molar-refractivity contribution is 0.0877. The standard InChI is InChI=1S/C94H68N4O9S/c1-6-55-26-24-27-56(7-2)88(55)97-91(100)69-50-75(104-63-33-18-11-19-34-63)82-83-76(105-64-35-20-12-21-36-64)52-71-81-72(94(103)98(93(71)102)89-57(8-3)28-25-39-67(89)54(4)5)53-77(106-65-37-22-13-23-38-65)84(87(81)83)85-78(51-70(92(97)101)80(69)86(82)85)107-66-44-40-58(41-45-66)59-42-47-79-73(48-59)95-90(108-79)68-49-62(43-46-74(68)99)96(60-29-14-9-15-30-60)61-31-16-10-17-32-61/h9-54,99H,6-8H2,1-5H3. The van der Waals surface area contributed by atoms with Gasteiger partial charge in [-0.3, -0.25) is 19.2 Å². The molecule has 0 aliphatic carbocycles. The highest BCUT2D eigenvalue weighted by Crippen LogP contribution is 2.59. The molecule has 2 aliphatic rings. The van der Waals surface area contributed by atoms with Crippen LogP contribution in [0.25, 0.3) is 75.0 Å². The van der Waals surface area contributed by atoms with E-state index in [9.17, 15) is 5.11 Å². The van der Waals surface area contributed by atoms with Crippen molar-refractivity contribution in [2.24, 2.45) is 0 Å². The lowest BCUT2D eigenvalue weighted by Gasteiger charge is -2.34. The van der Waals surface area contributed by atoms with Gasteiger partial charge < -0.3 is 29.0 Å². The summed E-state index contributed by atoms with van der Waals surface area (Å²) in [5, 5.41) is 15.3. The van der Waals surface area contributed by atoms with E-state index in [1.165, 1.54) is 21.1 Å². The number of carbonyl (C=O) groups excluding carboxylic acids is 4. The summed E-state index contributed by atoms with van der Waals surface area (Å²) < 4.78 is 30.1. The molecule has 108 heavy (non-hydrogen) atoms. The minimum Gasteiger partial charge on any atom is -0.507 e. The van der Waals surface area contributed by atoms with Crippen LogP contribution in [0, 0.1) is 0 Å². The quantitative estimate of drug-likeness (QED) is 0.0468. The highest BCUT2D eigenvalue weighted by molar-refractivity contribution is 7.21. The second kappa shape index (κ2) is 26.9. The molecule has 0 radical (unpaired) electrons. The zero-order chi connectivity index (χ0) is 73.6. The van der Waals surface area contributed by atoms with Crippen LogP contribution in [0.15, 0.2) is 273 Å². The molecule has 0 atom stereocenters. The molecule has 0 unspecified atom stereocenters. The number of aromatic nitrogens is 1. The predicted molar refractivity (Wildman–Crippen MR) is 432 cm³/mol. The number of carbonyl (C=O) groups is 4.